The van der Waals surface area contributed by atoms with Crippen LogP contribution < -0.4 is 10.6 Å². The van der Waals surface area contributed by atoms with Crippen molar-refractivity contribution in [2.75, 3.05) is 34.4 Å². The fraction of sp³-hybridized carbons (Fsp3) is 0.750. The number of carbonyl (C=O) groups is 2. The number of carbonyl (C=O) groups excluding carboxylic acids is 2. The fourth-order valence-electron chi connectivity index (χ4n) is 3.56. The summed E-state index contributed by atoms with van der Waals surface area (Å²) >= 11 is 0. The van der Waals surface area contributed by atoms with Gasteiger partial charge in [0, 0.05) is 40.3 Å². The van der Waals surface area contributed by atoms with E-state index in [1.54, 1.807) is 14.2 Å². The zero-order chi connectivity index (χ0) is 20.9. The lowest BCUT2D eigenvalue weighted by molar-refractivity contribution is -0.124. The van der Waals surface area contributed by atoms with Crippen LogP contribution in [0.4, 0.5) is 0 Å². The van der Waals surface area contributed by atoms with E-state index in [9.17, 15) is 9.59 Å². The first kappa shape index (κ1) is 22.4. The molecule has 1 aliphatic heterocycles. The minimum atomic E-state index is -0.636. The van der Waals surface area contributed by atoms with E-state index >= 15 is 0 Å². The number of methoxy groups -OCH3 is 1. The standard InChI is InChI=1S/C20H35N5O3/c1-20(2,3)17(19(27)21-4)23-18(26)16-14-13-24(5)10-8-11-25(14)15(22-16)9-7-12-28-6/h17H,7-13H2,1-6H3,(H,21,27)(H,23,26)/t17-/m1/s1. The van der Waals surface area contributed by atoms with Crippen LogP contribution in [-0.4, -0.2) is 66.7 Å². The Labute approximate surface area is 168 Å². The second-order valence-corrected chi connectivity index (χ2v) is 8.55. The first-order valence-corrected chi connectivity index (χ1v) is 9.97. The van der Waals surface area contributed by atoms with E-state index in [2.05, 4.69) is 27.1 Å². The number of nitrogens with zero attached hydrogens (tertiary/aromatic N) is 3. The highest BCUT2D eigenvalue weighted by molar-refractivity contribution is 5.97. The van der Waals surface area contributed by atoms with Crippen molar-refractivity contribution in [2.45, 2.75) is 59.2 Å². The molecule has 0 spiro atoms. The van der Waals surface area contributed by atoms with Gasteiger partial charge in [0.15, 0.2) is 5.69 Å². The third-order valence-corrected chi connectivity index (χ3v) is 5.11. The van der Waals surface area contributed by atoms with Gasteiger partial charge in [-0.2, -0.15) is 0 Å². The predicted molar refractivity (Wildman–Crippen MR) is 108 cm³/mol. The number of imidazole rings is 1. The van der Waals surface area contributed by atoms with Crippen LogP contribution in [0.25, 0.3) is 0 Å². The Kier molecular flexibility index (Phi) is 7.60. The molecule has 0 bridgehead atoms. The van der Waals surface area contributed by atoms with Crippen LogP contribution in [0.5, 0.6) is 0 Å². The fourth-order valence-corrected chi connectivity index (χ4v) is 3.56. The average molecular weight is 394 g/mol. The Morgan fingerprint density at radius 3 is 2.61 bits per heavy atom. The maximum atomic E-state index is 13.1. The first-order valence-electron chi connectivity index (χ1n) is 9.97. The van der Waals surface area contributed by atoms with E-state index in [1.165, 1.54) is 0 Å². The lowest BCUT2D eigenvalue weighted by Crippen LogP contribution is -2.53. The summed E-state index contributed by atoms with van der Waals surface area (Å²) < 4.78 is 7.34. The molecule has 1 aromatic rings. The Balaban J connectivity index is 2.34. The van der Waals surface area contributed by atoms with Crippen molar-refractivity contribution in [1.29, 1.82) is 0 Å². The molecular weight excluding hydrogens is 358 g/mol. The van der Waals surface area contributed by atoms with Crippen molar-refractivity contribution in [2.24, 2.45) is 5.41 Å². The molecule has 0 saturated carbocycles. The molecule has 0 saturated heterocycles. The zero-order valence-corrected chi connectivity index (χ0v) is 18.1. The Morgan fingerprint density at radius 2 is 2.00 bits per heavy atom. The van der Waals surface area contributed by atoms with Crippen molar-refractivity contribution < 1.29 is 14.3 Å². The molecular formula is C20H35N5O3. The monoisotopic (exact) mass is 393 g/mol. The number of likely N-dealkylation sites (N-methyl/N-ethyl adjacent to an activating group) is 1. The van der Waals surface area contributed by atoms with Crippen LogP contribution in [0, 0.1) is 5.41 Å². The van der Waals surface area contributed by atoms with Crippen LogP contribution in [0.3, 0.4) is 0 Å². The average Bonchev–Trinajstić information content (AvgIpc) is 2.83. The maximum Gasteiger partial charge on any atom is 0.272 e. The maximum absolute atomic E-state index is 13.1. The predicted octanol–water partition coefficient (Wildman–Crippen LogP) is 1.19. The van der Waals surface area contributed by atoms with E-state index in [0.29, 0.717) is 18.8 Å². The first-order chi connectivity index (χ1) is 13.2. The SMILES string of the molecule is CNC(=O)[C@@H](NC(=O)c1nc(CCCOC)n2c1CN(C)CCC2)C(C)(C)C. The highest BCUT2D eigenvalue weighted by Gasteiger charge is 2.34. The van der Waals surface area contributed by atoms with Gasteiger partial charge in [-0.25, -0.2) is 4.98 Å². The Bertz CT molecular complexity index is 693. The van der Waals surface area contributed by atoms with Crippen LogP contribution in [0.1, 0.15) is 55.6 Å². The lowest BCUT2D eigenvalue weighted by Gasteiger charge is -2.29. The molecule has 1 aromatic heterocycles. The minimum absolute atomic E-state index is 0.205. The molecule has 0 aromatic carbocycles. The number of fused-ring (bicyclic) bond motifs is 1. The van der Waals surface area contributed by atoms with Gasteiger partial charge in [-0.3, -0.25) is 9.59 Å². The molecule has 8 heteroatoms. The number of aryl methyl sites for hydroxylation is 1. The van der Waals surface area contributed by atoms with Gasteiger partial charge in [0.2, 0.25) is 5.91 Å². The second-order valence-electron chi connectivity index (χ2n) is 8.55. The summed E-state index contributed by atoms with van der Waals surface area (Å²) in [5, 5.41) is 5.57. The van der Waals surface area contributed by atoms with Crippen LogP contribution in [-0.2, 0) is 29.0 Å². The van der Waals surface area contributed by atoms with E-state index in [-0.39, 0.29) is 11.8 Å². The van der Waals surface area contributed by atoms with Gasteiger partial charge in [0.25, 0.3) is 5.91 Å². The molecule has 2 amide bonds. The summed E-state index contributed by atoms with van der Waals surface area (Å²) in [7, 11) is 5.32. The smallest absolute Gasteiger partial charge is 0.272 e. The van der Waals surface area contributed by atoms with Gasteiger partial charge in [-0.05, 0) is 31.8 Å². The van der Waals surface area contributed by atoms with Crippen molar-refractivity contribution in [3.05, 3.63) is 17.2 Å². The molecule has 0 unspecified atom stereocenters. The van der Waals surface area contributed by atoms with E-state index in [1.807, 2.05) is 20.8 Å². The molecule has 1 atom stereocenters. The number of aromatic nitrogens is 2. The molecule has 0 radical (unpaired) electrons. The van der Waals surface area contributed by atoms with Gasteiger partial charge in [-0.15, -0.1) is 0 Å². The molecule has 2 N–H and O–H groups in total. The van der Waals surface area contributed by atoms with Crippen LogP contribution in [0.15, 0.2) is 0 Å². The summed E-state index contributed by atoms with van der Waals surface area (Å²) in [5.74, 6) is 0.420. The van der Waals surface area contributed by atoms with Gasteiger partial charge >= 0.3 is 0 Å². The summed E-state index contributed by atoms with van der Waals surface area (Å²) in [6, 6.07) is -0.636. The van der Waals surface area contributed by atoms with Gasteiger partial charge in [0.05, 0.1) is 5.69 Å². The Morgan fingerprint density at radius 1 is 1.29 bits per heavy atom. The van der Waals surface area contributed by atoms with Crippen molar-refractivity contribution >= 4 is 11.8 Å². The number of nitrogens with one attached hydrogen (secondary N) is 2. The Hall–Kier alpha value is -1.93. The van der Waals surface area contributed by atoms with E-state index in [0.717, 1.165) is 43.9 Å². The molecule has 2 heterocycles. The van der Waals surface area contributed by atoms with Gasteiger partial charge in [-0.1, -0.05) is 20.8 Å². The number of ether oxygens (including phenoxy) is 1. The van der Waals surface area contributed by atoms with Crippen LogP contribution in [0.2, 0.25) is 0 Å². The number of rotatable bonds is 7. The lowest BCUT2D eigenvalue weighted by atomic mass is 9.86. The molecule has 158 valence electrons. The summed E-state index contributed by atoms with van der Waals surface area (Å²) in [5.41, 5.74) is 0.943. The van der Waals surface area contributed by atoms with Crippen molar-refractivity contribution in [1.82, 2.24) is 25.1 Å². The molecule has 1 aliphatic rings. The summed E-state index contributed by atoms with van der Waals surface area (Å²) in [6.45, 7) is 8.95. The molecule has 0 aliphatic carbocycles. The molecule has 28 heavy (non-hydrogen) atoms. The van der Waals surface area contributed by atoms with Gasteiger partial charge in [0.1, 0.15) is 11.9 Å². The van der Waals surface area contributed by atoms with Crippen molar-refractivity contribution in [3.8, 4) is 0 Å². The minimum Gasteiger partial charge on any atom is -0.385 e. The van der Waals surface area contributed by atoms with E-state index in [4.69, 9.17) is 9.72 Å². The second kappa shape index (κ2) is 9.52. The largest absolute Gasteiger partial charge is 0.385 e. The molecule has 0 fully saturated rings. The number of hydrogen-bond acceptors (Lipinski definition) is 5. The van der Waals surface area contributed by atoms with Crippen molar-refractivity contribution in [3.63, 3.8) is 0 Å². The third-order valence-electron chi connectivity index (χ3n) is 5.11. The van der Waals surface area contributed by atoms with Gasteiger partial charge < -0.3 is 24.8 Å². The number of amides is 2. The normalized spacial score (nSPS) is 16.2. The highest BCUT2D eigenvalue weighted by atomic mass is 16.5. The topological polar surface area (TPSA) is 88.5 Å². The highest BCUT2D eigenvalue weighted by Crippen LogP contribution is 2.23. The molecule has 8 nitrogen and oxygen atoms in total. The summed E-state index contributed by atoms with van der Waals surface area (Å²) in [4.78, 5) is 32.4. The summed E-state index contributed by atoms with van der Waals surface area (Å²) in [6.07, 6.45) is 2.63. The van der Waals surface area contributed by atoms with E-state index < -0.39 is 11.5 Å². The quantitative estimate of drug-likeness (QED) is 0.680. The zero-order valence-electron chi connectivity index (χ0n) is 18.1. The van der Waals surface area contributed by atoms with Crippen LogP contribution >= 0.6 is 0 Å². The molecule has 2 rings (SSSR count). The third kappa shape index (κ3) is 5.32. The number of hydrogen-bond donors (Lipinski definition) is 2.